The Bertz CT molecular complexity index is 992. The van der Waals surface area contributed by atoms with Crippen molar-refractivity contribution in [3.05, 3.63) is 42.2 Å². The molecule has 0 bridgehead atoms. The lowest BCUT2D eigenvalue weighted by atomic mass is 10.3. The summed E-state index contributed by atoms with van der Waals surface area (Å²) in [6.07, 6.45) is 0. The van der Waals surface area contributed by atoms with Gasteiger partial charge in [-0.25, -0.2) is 9.37 Å². The summed E-state index contributed by atoms with van der Waals surface area (Å²) >= 11 is 1.55. The van der Waals surface area contributed by atoms with Gasteiger partial charge in [0, 0.05) is 26.2 Å². The van der Waals surface area contributed by atoms with E-state index in [0.717, 1.165) is 21.1 Å². The number of ether oxygens (including phenoxy) is 3. The minimum Gasteiger partial charge on any atom is -0.495 e. The van der Waals surface area contributed by atoms with Crippen molar-refractivity contribution in [3.8, 4) is 17.2 Å². The zero-order chi connectivity index (χ0) is 21.1. The minimum atomic E-state index is -0.338. The molecule has 30 heavy (non-hydrogen) atoms. The van der Waals surface area contributed by atoms with Crippen LogP contribution in [0.2, 0.25) is 0 Å². The molecule has 0 spiro atoms. The number of piperazine rings is 1. The lowest BCUT2D eigenvalue weighted by molar-refractivity contribution is -0.133. The summed E-state index contributed by atoms with van der Waals surface area (Å²) in [7, 11) is 3.26. The van der Waals surface area contributed by atoms with Crippen molar-refractivity contribution in [3.63, 3.8) is 0 Å². The molecule has 1 fully saturated rings. The second kappa shape index (κ2) is 8.74. The van der Waals surface area contributed by atoms with Gasteiger partial charge in [-0.05, 0) is 36.4 Å². The number of hydrogen-bond acceptors (Lipinski definition) is 7. The van der Waals surface area contributed by atoms with Gasteiger partial charge < -0.3 is 24.0 Å². The standard InChI is InChI=1S/C21H22FN3O4S/c1-27-16-7-8-17(28-2)20-19(16)23-21(30-20)25-11-9-24(10-12-25)18(26)13-29-15-5-3-14(22)4-6-15/h3-8H,9-13H2,1-2H3. The summed E-state index contributed by atoms with van der Waals surface area (Å²) in [6, 6.07) is 9.36. The van der Waals surface area contributed by atoms with Crippen LogP contribution < -0.4 is 19.1 Å². The highest BCUT2D eigenvalue weighted by atomic mass is 32.1. The number of carbonyl (C=O) groups is 1. The number of carbonyl (C=O) groups excluding carboxylic acids is 1. The Morgan fingerprint density at radius 2 is 1.70 bits per heavy atom. The fourth-order valence-electron chi connectivity index (χ4n) is 3.32. The number of amides is 1. The van der Waals surface area contributed by atoms with E-state index in [0.29, 0.717) is 37.7 Å². The maximum Gasteiger partial charge on any atom is 0.260 e. The molecule has 2 heterocycles. The van der Waals surface area contributed by atoms with E-state index in [-0.39, 0.29) is 18.3 Å². The second-order valence-electron chi connectivity index (χ2n) is 6.75. The van der Waals surface area contributed by atoms with Crippen molar-refractivity contribution in [2.45, 2.75) is 0 Å². The fraction of sp³-hybridized carbons (Fsp3) is 0.333. The molecule has 0 saturated carbocycles. The van der Waals surface area contributed by atoms with Gasteiger partial charge in [0.05, 0.1) is 14.2 Å². The third-order valence-electron chi connectivity index (χ3n) is 4.98. The normalized spacial score (nSPS) is 14.1. The third-order valence-corrected chi connectivity index (χ3v) is 6.11. The van der Waals surface area contributed by atoms with Crippen LogP contribution in [-0.2, 0) is 4.79 Å². The largest absolute Gasteiger partial charge is 0.495 e. The van der Waals surface area contributed by atoms with Gasteiger partial charge in [0.1, 0.15) is 33.3 Å². The van der Waals surface area contributed by atoms with E-state index in [1.807, 2.05) is 12.1 Å². The van der Waals surface area contributed by atoms with Crippen LogP contribution in [-0.4, -0.2) is 62.8 Å². The van der Waals surface area contributed by atoms with Gasteiger partial charge in [-0.3, -0.25) is 4.79 Å². The van der Waals surface area contributed by atoms with E-state index in [9.17, 15) is 9.18 Å². The van der Waals surface area contributed by atoms with Crippen molar-refractivity contribution < 1.29 is 23.4 Å². The van der Waals surface area contributed by atoms with Crippen LogP contribution in [0.4, 0.5) is 9.52 Å². The molecule has 7 nitrogen and oxygen atoms in total. The molecular formula is C21H22FN3O4S. The van der Waals surface area contributed by atoms with Crippen molar-refractivity contribution in [1.29, 1.82) is 0 Å². The number of benzene rings is 2. The number of nitrogens with zero attached hydrogens (tertiary/aromatic N) is 3. The van der Waals surface area contributed by atoms with Crippen molar-refractivity contribution in [2.24, 2.45) is 0 Å². The monoisotopic (exact) mass is 431 g/mol. The predicted octanol–water partition coefficient (Wildman–Crippen LogP) is 3.18. The lowest BCUT2D eigenvalue weighted by Crippen LogP contribution is -2.50. The van der Waals surface area contributed by atoms with Crippen molar-refractivity contribution >= 4 is 32.6 Å². The number of aromatic nitrogens is 1. The molecule has 1 aliphatic rings. The number of rotatable bonds is 6. The summed E-state index contributed by atoms with van der Waals surface area (Å²) in [5.74, 6) is 1.52. The highest BCUT2D eigenvalue weighted by molar-refractivity contribution is 7.22. The van der Waals surface area contributed by atoms with Gasteiger partial charge in [0.25, 0.3) is 5.91 Å². The van der Waals surface area contributed by atoms with Crippen LogP contribution in [0.5, 0.6) is 17.2 Å². The Labute approximate surface area is 177 Å². The smallest absolute Gasteiger partial charge is 0.260 e. The minimum absolute atomic E-state index is 0.0683. The average molecular weight is 431 g/mol. The van der Waals surface area contributed by atoms with E-state index in [1.54, 1.807) is 30.5 Å². The average Bonchev–Trinajstić information content (AvgIpc) is 3.23. The van der Waals surface area contributed by atoms with Gasteiger partial charge in [-0.1, -0.05) is 11.3 Å². The molecule has 0 aliphatic carbocycles. The number of fused-ring (bicyclic) bond motifs is 1. The Morgan fingerprint density at radius 1 is 1.03 bits per heavy atom. The first-order chi connectivity index (χ1) is 14.6. The second-order valence-corrected chi connectivity index (χ2v) is 7.73. The van der Waals surface area contributed by atoms with Crippen LogP contribution in [0, 0.1) is 5.82 Å². The maximum absolute atomic E-state index is 13.0. The predicted molar refractivity (Wildman–Crippen MR) is 113 cm³/mol. The molecule has 4 rings (SSSR count). The Kier molecular flexibility index (Phi) is 5.89. The first-order valence-electron chi connectivity index (χ1n) is 9.51. The van der Waals surface area contributed by atoms with Gasteiger partial charge in [-0.15, -0.1) is 0 Å². The Morgan fingerprint density at radius 3 is 2.37 bits per heavy atom. The van der Waals surface area contributed by atoms with Crippen molar-refractivity contribution in [2.75, 3.05) is 51.9 Å². The molecule has 1 aliphatic heterocycles. The zero-order valence-electron chi connectivity index (χ0n) is 16.8. The zero-order valence-corrected chi connectivity index (χ0v) is 17.6. The molecule has 0 unspecified atom stereocenters. The molecule has 1 aromatic heterocycles. The van der Waals surface area contributed by atoms with E-state index >= 15 is 0 Å². The van der Waals surface area contributed by atoms with Crippen LogP contribution in [0.25, 0.3) is 10.2 Å². The molecule has 0 radical (unpaired) electrons. The molecule has 3 aromatic rings. The summed E-state index contributed by atoms with van der Waals surface area (Å²) in [5, 5.41) is 0.877. The van der Waals surface area contributed by atoms with Crippen LogP contribution in [0.1, 0.15) is 0 Å². The first-order valence-corrected chi connectivity index (χ1v) is 10.3. The molecule has 158 valence electrons. The number of thiazole rings is 1. The van der Waals surface area contributed by atoms with E-state index in [2.05, 4.69) is 4.90 Å². The highest BCUT2D eigenvalue weighted by Gasteiger charge is 2.24. The highest BCUT2D eigenvalue weighted by Crippen LogP contribution is 2.40. The Balaban J connectivity index is 1.38. The molecule has 1 amide bonds. The number of halogens is 1. The summed E-state index contributed by atoms with van der Waals surface area (Å²) in [6.45, 7) is 2.44. The summed E-state index contributed by atoms with van der Waals surface area (Å²) in [4.78, 5) is 21.1. The molecule has 2 aromatic carbocycles. The SMILES string of the molecule is COc1ccc(OC)c2sc(N3CCN(C(=O)COc4ccc(F)cc4)CC3)nc12. The molecule has 0 N–H and O–H groups in total. The molecule has 9 heteroatoms. The fourth-order valence-corrected chi connectivity index (χ4v) is 4.45. The summed E-state index contributed by atoms with van der Waals surface area (Å²) in [5.41, 5.74) is 0.781. The van der Waals surface area contributed by atoms with Crippen LogP contribution in [0.3, 0.4) is 0 Å². The maximum atomic E-state index is 13.0. The Hall–Kier alpha value is -3.07. The molecule has 1 saturated heterocycles. The number of methoxy groups -OCH3 is 2. The molecular weight excluding hydrogens is 409 g/mol. The third kappa shape index (κ3) is 4.11. The lowest BCUT2D eigenvalue weighted by Gasteiger charge is -2.34. The van der Waals surface area contributed by atoms with Gasteiger partial charge in [-0.2, -0.15) is 0 Å². The van der Waals surface area contributed by atoms with Crippen LogP contribution >= 0.6 is 11.3 Å². The van der Waals surface area contributed by atoms with Gasteiger partial charge in [0.15, 0.2) is 11.7 Å². The van der Waals surface area contributed by atoms with Crippen molar-refractivity contribution in [1.82, 2.24) is 9.88 Å². The number of anilines is 1. The van der Waals surface area contributed by atoms with Gasteiger partial charge >= 0.3 is 0 Å². The van der Waals surface area contributed by atoms with E-state index in [4.69, 9.17) is 19.2 Å². The number of hydrogen-bond donors (Lipinski definition) is 0. The first kappa shape index (κ1) is 20.2. The quantitative estimate of drug-likeness (QED) is 0.597. The van der Waals surface area contributed by atoms with E-state index < -0.39 is 0 Å². The topological polar surface area (TPSA) is 64.1 Å². The molecule has 0 atom stereocenters. The van der Waals surface area contributed by atoms with Gasteiger partial charge in [0.2, 0.25) is 0 Å². The van der Waals surface area contributed by atoms with E-state index in [1.165, 1.54) is 24.3 Å². The summed E-state index contributed by atoms with van der Waals surface area (Å²) < 4.78 is 30.2. The van der Waals surface area contributed by atoms with Crippen LogP contribution in [0.15, 0.2) is 36.4 Å².